The van der Waals surface area contributed by atoms with E-state index in [1.807, 2.05) is 61.5 Å². The molecule has 2 N–H and O–H groups in total. The summed E-state index contributed by atoms with van der Waals surface area (Å²) in [5.41, 5.74) is 9.57. The fourth-order valence-electron chi connectivity index (χ4n) is 3.78. The van der Waals surface area contributed by atoms with Crippen LogP contribution < -0.4 is 10.5 Å². The van der Waals surface area contributed by atoms with Crippen LogP contribution in [0.1, 0.15) is 30.2 Å². The average Bonchev–Trinajstić information content (AvgIpc) is 2.83. The monoisotopic (exact) mass is 441 g/mol. The van der Waals surface area contributed by atoms with Crippen LogP contribution in [0, 0.1) is 0 Å². The fraction of sp³-hybridized carbons (Fsp3) is 0.231. The number of anilines is 1. The van der Waals surface area contributed by atoms with E-state index in [0.29, 0.717) is 18.8 Å². The molecule has 7 heteroatoms. The van der Waals surface area contributed by atoms with Gasteiger partial charge in [-0.25, -0.2) is 9.97 Å². The minimum atomic E-state index is -0.0153. The quantitative estimate of drug-likeness (QED) is 0.559. The molecule has 1 unspecified atom stereocenters. The number of hydrogen-bond acceptors (Lipinski definition) is 6. The van der Waals surface area contributed by atoms with Crippen molar-refractivity contribution in [3.05, 3.63) is 89.9 Å². The lowest BCUT2D eigenvalue weighted by Crippen LogP contribution is -2.31. The number of carbonyl (C=O) groups excluding carboxylic acids is 1. The molecule has 168 valence electrons. The van der Waals surface area contributed by atoms with E-state index in [1.165, 1.54) is 6.33 Å². The highest BCUT2D eigenvalue weighted by Crippen LogP contribution is 2.28. The number of aromatic nitrogens is 2. The highest BCUT2D eigenvalue weighted by atomic mass is 16.5. The van der Waals surface area contributed by atoms with Gasteiger partial charge in [-0.1, -0.05) is 24.3 Å². The Morgan fingerprint density at radius 2 is 1.85 bits per heavy atom. The number of carbonyl (C=O) groups is 1. The van der Waals surface area contributed by atoms with Crippen molar-refractivity contribution >= 4 is 17.4 Å². The first kappa shape index (κ1) is 22.2. The van der Waals surface area contributed by atoms with Gasteiger partial charge in [0.25, 0.3) is 0 Å². The Morgan fingerprint density at radius 3 is 2.58 bits per heavy atom. The standard InChI is InChI=1S/C26H27N5O2/c1-3-7-23(32)31(2)15-14-19-16-22-24(26(27)29-17-28-22)25(30-19)18-10-12-21(13-11-18)33-20-8-5-4-6-9-20/h3-13,17,19H,14-16H2,1-2H3,(H2,27,28,29)/b7-3+. The summed E-state index contributed by atoms with van der Waals surface area (Å²) in [5.74, 6) is 1.92. The second kappa shape index (κ2) is 10.1. The number of rotatable bonds is 7. The maximum absolute atomic E-state index is 12.1. The summed E-state index contributed by atoms with van der Waals surface area (Å²) < 4.78 is 5.91. The van der Waals surface area contributed by atoms with Gasteiger partial charge in [-0.15, -0.1) is 0 Å². The largest absolute Gasteiger partial charge is 0.457 e. The zero-order valence-electron chi connectivity index (χ0n) is 18.8. The number of benzene rings is 2. The summed E-state index contributed by atoms with van der Waals surface area (Å²) in [7, 11) is 1.80. The Morgan fingerprint density at radius 1 is 1.12 bits per heavy atom. The number of nitrogen functional groups attached to an aromatic ring is 1. The highest BCUT2D eigenvalue weighted by Gasteiger charge is 2.26. The first-order valence-electron chi connectivity index (χ1n) is 10.9. The number of nitrogens with two attached hydrogens (primary N) is 1. The Bertz CT molecular complexity index is 1170. The molecule has 33 heavy (non-hydrogen) atoms. The van der Waals surface area contributed by atoms with Crippen molar-refractivity contribution in [1.82, 2.24) is 14.9 Å². The number of likely N-dealkylation sites (N-methyl/N-ethyl adjacent to an activating group) is 1. The molecule has 2 heterocycles. The summed E-state index contributed by atoms with van der Waals surface area (Å²) in [6.07, 6.45) is 6.19. The molecule has 0 fully saturated rings. The number of hydrogen-bond donors (Lipinski definition) is 1. The first-order chi connectivity index (χ1) is 16.0. The van der Waals surface area contributed by atoms with Crippen LogP contribution in [0.2, 0.25) is 0 Å². The lowest BCUT2D eigenvalue weighted by Gasteiger charge is -2.25. The Hall–Kier alpha value is -4.00. The molecule has 3 aromatic rings. The molecule has 7 nitrogen and oxygen atoms in total. The lowest BCUT2D eigenvalue weighted by molar-refractivity contribution is -0.124. The molecular weight excluding hydrogens is 414 g/mol. The van der Waals surface area contributed by atoms with E-state index in [0.717, 1.165) is 40.5 Å². The summed E-state index contributed by atoms with van der Waals surface area (Å²) in [6.45, 7) is 2.44. The number of nitrogens with zero attached hydrogens (tertiary/aromatic N) is 4. The third kappa shape index (κ3) is 5.26. The van der Waals surface area contributed by atoms with Gasteiger partial charge in [-0.05, 0) is 55.8 Å². The number of aliphatic imine (C=N–C) groups is 1. The van der Waals surface area contributed by atoms with Gasteiger partial charge in [0.2, 0.25) is 5.91 Å². The SMILES string of the molecule is C/C=C/C(=O)N(C)CCC1Cc2ncnc(N)c2C(c2ccc(Oc3ccccc3)cc2)=N1. The summed E-state index contributed by atoms with van der Waals surface area (Å²) >= 11 is 0. The molecule has 2 aromatic carbocycles. The molecule has 0 saturated carbocycles. The van der Waals surface area contributed by atoms with E-state index < -0.39 is 0 Å². The van der Waals surface area contributed by atoms with E-state index in [9.17, 15) is 4.79 Å². The summed E-state index contributed by atoms with van der Waals surface area (Å²) in [6, 6.07) is 17.4. The van der Waals surface area contributed by atoms with Crippen molar-refractivity contribution in [2.45, 2.75) is 25.8 Å². The summed E-state index contributed by atoms with van der Waals surface area (Å²) in [5, 5.41) is 0. The second-order valence-corrected chi connectivity index (χ2v) is 7.90. The van der Waals surface area contributed by atoms with E-state index in [2.05, 4.69) is 9.97 Å². The van der Waals surface area contributed by atoms with Gasteiger partial charge in [-0.2, -0.15) is 0 Å². The van der Waals surface area contributed by atoms with Crippen LogP contribution in [0.3, 0.4) is 0 Å². The van der Waals surface area contributed by atoms with Crippen LogP contribution in [0.4, 0.5) is 5.82 Å². The predicted octanol–water partition coefficient (Wildman–Crippen LogP) is 4.04. The van der Waals surface area contributed by atoms with Crippen molar-refractivity contribution in [2.75, 3.05) is 19.3 Å². The van der Waals surface area contributed by atoms with Crippen molar-refractivity contribution in [3.63, 3.8) is 0 Å². The molecule has 0 bridgehead atoms. The van der Waals surface area contributed by atoms with Crippen LogP contribution in [0.15, 0.2) is 78.1 Å². The molecule has 0 radical (unpaired) electrons. The van der Waals surface area contributed by atoms with E-state index >= 15 is 0 Å². The van der Waals surface area contributed by atoms with Gasteiger partial charge >= 0.3 is 0 Å². The molecule has 1 atom stereocenters. The molecule has 1 aromatic heterocycles. The predicted molar refractivity (Wildman–Crippen MR) is 130 cm³/mol. The van der Waals surface area contributed by atoms with E-state index in [4.69, 9.17) is 15.5 Å². The molecule has 1 aliphatic heterocycles. The summed E-state index contributed by atoms with van der Waals surface area (Å²) in [4.78, 5) is 27.4. The van der Waals surface area contributed by atoms with E-state index in [1.54, 1.807) is 24.1 Å². The minimum absolute atomic E-state index is 0.0112. The molecule has 4 rings (SSSR count). The van der Waals surface area contributed by atoms with Gasteiger partial charge in [0.1, 0.15) is 23.6 Å². The third-order valence-corrected chi connectivity index (χ3v) is 5.52. The highest BCUT2D eigenvalue weighted by molar-refractivity contribution is 6.16. The zero-order chi connectivity index (χ0) is 23.2. The van der Waals surface area contributed by atoms with Crippen LogP contribution in [-0.2, 0) is 11.2 Å². The van der Waals surface area contributed by atoms with Crippen LogP contribution in [0.25, 0.3) is 0 Å². The Kier molecular flexibility index (Phi) is 6.78. The molecule has 1 aliphatic rings. The fourth-order valence-corrected chi connectivity index (χ4v) is 3.78. The first-order valence-corrected chi connectivity index (χ1v) is 10.9. The van der Waals surface area contributed by atoms with Crippen molar-refractivity contribution < 1.29 is 9.53 Å². The van der Waals surface area contributed by atoms with Crippen LogP contribution in [0.5, 0.6) is 11.5 Å². The van der Waals surface area contributed by atoms with Gasteiger partial charge in [-0.3, -0.25) is 9.79 Å². The zero-order valence-corrected chi connectivity index (χ0v) is 18.8. The lowest BCUT2D eigenvalue weighted by atomic mass is 9.93. The number of amides is 1. The number of fused-ring (bicyclic) bond motifs is 1. The maximum atomic E-state index is 12.1. The van der Waals surface area contributed by atoms with Gasteiger partial charge in [0, 0.05) is 25.6 Å². The number of ether oxygens (including phenoxy) is 1. The van der Waals surface area contributed by atoms with Gasteiger partial charge < -0.3 is 15.4 Å². The van der Waals surface area contributed by atoms with Gasteiger partial charge in [0.15, 0.2) is 0 Å². The van der Waals surface area contributed by atoms with Gasteiger partial charge in [0.05, 0.1) is 23.0 Å². The molecule has 0 saturated heterocycles. The van der Waals surface area contributed by atoms with Crippen LogP contribution >= 0.6 is 0 Å². The second-order valence-electron chi connectivity index (χ2n) is 7.90. The Balaban J connectivity index is 1.58. The van der Waals surface area contributed by atoms with Crippen molar-refractivity contribution in [1.29, 1.82) is 0 Å². The molecule has 0 spiro atoms. The average molecular weight is 442 g/mol. The molecular formula is C26H27N5O2. The van der Waals surface area contributed by atoms with Crippen molar-refractivity contribution in [3.8, 4) is 11.5 Å². The molecule has 0 aliphatic carbocycles. The smallest absolute Gasteiger partial charge is 0.245 e. The Labute approximate surface area is 193 Å². The molecule has 1 amide bonds. The normalized spacial score (nSPS) is 15.1. The third-order valence-electron chi connectivity index (χ3n) is 5.52. The van der Waals surface area contributed by atoms with Crippen molar-refractivity contribution in [2.24, 2.45) is 4.99 Å². The minimum Gasteiger partial charge on any atom is -0.457 e. The van der Waals surface area contributed by atoms with E-state index in [-0.39, 0.29) is 11.9 Å². The van der Waals surface area contributed by atoms with Crippen LogP contribution in [-0.4, -0.2) is 46.1 Å². The topological polar surface area (TPSA) is 93.7 Å². The number of para-hydroxylation sites is 1. The number of allylic oxidation sites excluding steroid dienone is 1. The maximum Gasteiger partial charge on any atom is 0.245 e.